The number of hydrogen-bond acceptors (Lipinski definition) is 5. The molecule has 2 heterocycles. The third kappa shape index (κ3) is 2.15. The number of nitrogens with one attached hydrogen (secondary N) is 1. The minimum Gasteiger partial charge on any atom is -0.464 e. The molecule has 1 atom stereocenters. The van der Waals surface area contributed by atoms with E-state index < -0.39 is 5.97 Å². The quantitative estimate of drug-likeness (QED) is 0.695. The van der Waals surface area contributed by atoms with Gasteiger partial charge in [-0.15, -0.1) is 5.10 Å². The van der Waals surface area contributed by atoms with Crippen molar-refractivity contribution in [2.45, 2.75) is 18.9 Å². The largest absolute Gasteiger partial charge is 0.464 e. The lowest BCUT2D eigenvalue weighted by Crippen LogP contribution is -2.31. The van der Waals surface area contributed by atoms with Crippen LogP contribution >= 0.6 is 0 Å². The number of esters is 1. The van der Waals surface area contributed by atoms with E-state index >= 15 is 0 Å². The number of piperidine rings is 1. The molecule has 0 aliphatic carbocycles. The number of hydrogen-bond donors (Lipinski definition) is 1. The van der Waals surface area contributed by atoms with E-state index in [1.54, 1.807) is 10.9 Å². The molecule has 0 unspecified atom stereocenters. The molecule has 0 aromatic carbocycles. The summed E-state index contributed by atoms with van der Waals surface area (Å²) in [5, 5.41) is 11.0. The van der Waals surface area contributed by atoms with Gasteiger partial charge >= 0.3 is 5.97 Å². The van der Waals surface area contributed by atoms with E-state index in [0.29, 0.717) is 6.04 Å². The molecule has 1 aliphatic rings. The van der Waals surface area contributed by atoms with E-state index in [2.05, 4.69) is 20.4 Å². The number of nitrogens with zero attached hydrogens (tertiary/aromatic N) is 3. The second kappa shape index (κ2) is 4.39. The summed E-state index contributed by atoms with van der Waals surface area (Å²) in [4.78, 5) is 11.2. The van der Waals surface area contributed by atoms with Crippen LogP contribution in [-0.2, 0) is 4.74 Å². The van der Waals surface area contributed by atoms with Gasteiger partial charge in [0.25, 0.3) is 0 Å². The highest BCUT2D eigenvalue weighted by Crippen LogP contribution is 2.15. The summed E-state index contributed by atoms with van der Waals surface area (Å²) in [6.45, 7) is 1.93. The highest BCUT2D eigenvalue weighted by atomic mass is 16.5. The molecule has 0 spiro atoms. The Bertz CT molecular complexity index is 344. The Hall–Kier alpha value is -1.43. The minimum atomic E-state index is -0.440. The first-order valence-corrected chi connectivity index (χ1v) is 5.02. The first kappa shape index (κ1) is 10.1. The molecule has 0 amide bonds. The van der Waals surface area contributed by atoms with E-state index in [9.17, 15) is 4.79 Å². The van der Waals surface area contributed by atoms with Crippen LogP contribution in [0.4, 0.5) is 0 Å². The van der Waals surface area contributed by atoms with Crippen LogP contribution in [0, 0.1) is 0 Å². The smallest absolute Gasteiger partial charge is 0.360 e. The summed E-state index contributed by atoms with van der Waals surface area (Å²) < 4.78 is 6.30. The van der Waals surface area contributed by atoms with Crippen molar-refractivity contribution in [3.05, 3.63) is 11.9 Å². The number of ether oxygens (including phenoxy) is 1. The average Bonchev–Trinajstić information content (AvgIpc) is 2.78. The van der Waals surface area contributed by atoms with E-state index in [-0.39, 0.29) is 5.69 Å². The Balaban J connectivity index is 2.08. The molecular weight excluding hydrogens is 196 g/mol. The number of methoxy groups -OCH3 is 1. The van der Waals surface area contributed by atoms with Crippen LogP contribution in [-0.4, -0.2) is 41.2 Å². The van der Waals surface area contributed by atoms with Crippen molar-refractivity contribution in [2.75, 3.05) is 20.2 Å². The number of carbonyl (C=O) groups excluding carboxylic acids is 1. The Morgan fingerprint density at radius 1 is 1.73 bits per heavy atom. The van der Waals surface area contributed by atoms with Crippen molar-refractivity contribution in [1.29, 1.82) is 0 Å². The standard InChI is InChI=1S/C9H14N4O2/c1-15-9(14)8-6-13(12-11-8)7-3-2-4-10-5-7/h6-7,10H,2-5H2,1H3/t7-/m0/s1. The predicted octanol–water partition coefficient (Wildman–Crippen LogP) is -0.0108. The zero-order valence-corrected chi connectivity index (χ0v) is 8.64. The van der Waals surface area contributed by atoms with Gasteiger partial charge in [0.15, 0.2) is 5.69 Å². The molecule has 1 aromatic heterocycles. The van der Waals surface area contributed by atoms with Crippen LogP contribution < -0.4 is 5.32 Å². The molecule has 1 aliphatic heterocycles. The lowest BCUT2D eigenvalue weighted by molar-refractivity contribution is 0.0594. The maximum absolute atomic E-state index is 11.2. The zero-order valence-electron chi connectivity index (χ0n) is 8.64. The van der Waals surface area contributed by atoms with Crippen molar-refractivity contribution >= 4 is 5.97 Å². The molecule has 1 saturated heterocycles. The third-order valence-electron chi connectivity index (χ3n) is 2.55. The van der Waals surface area contributed by atoms with Gasteiger partial charge in [0.2, 0.25) is 0 Å². The van der Waals surface area contributed by atoms with Gasteiger partial charge in [-0.25, -0.2) is 9.48 Å². The summed E-state index contributed by atoms with van der Waals surface area (Å²) in [7, 11) is 1.34. The number of carbonyl (C=O) groups is 1. The molecule has 1 aromatic rings. The second-order valence-corrected chi connectivity index (χ2v) is 3.58. The maximum atomic E-state index is 11.2. The van der Waals surface area contributed by atoms with Crippen LogP contribution in [0.2, 0.25) is 0 Å². The second-order valence-electron chi connectivity index (χ2n) is 3.58. The normalized spacial score (nSPS) is 21.3. The van der Waals surface area contributed by atoms with Gasteiger partial charge in [0.1, 0.15) is 0 Å². The average molecular weight is 210 g/mol. The van der Waals surface area contributed by atoms with Crippen molar-refractivity contribution in [1.82, 2.24) is 20.3 Å². The lowest BCUT2D eigenvalue weighted by Gasteiger charge is -2.22. The van der Waals surface area contributed by atoms with Gasteiger partial charge < -0.3 is 10.1 Å². The minimum absolute atomic E-state index is 0.267. The molecule has 0 radical (unpaired) electrons. The molecule has 1 fully saturated rings. The van der Waals surface area contributed by atoms with Crippen LogP contribution in [0.3, 0.4) is 0 Å². The van der Waals surface area contributed by atoms with Crippen molar-refractivity contribution in [3.8, 4) is 0 Å². The highest BCUT2D eigenvalue weighted by molar-refractivity contribution is 5.86. The summed E-state index contributed by atoms with van der Waals surface area (Å²) in [6, 6.07) is 0.296. The van der Waals surface area contributed by atoms with Gasteiger partial charge in [-0.3, -0.25) is 0 Å². The number of aromatic nitrogens is 3. The molecule has 82 valence electrons. The molecule has 15 heavy (non-hydrogen) atoms. The van der Waals surface area contributed by atoms with Gasteiger partial charge in [0, 0.05) is 6.54 Å². The Labute approximate surface area is 87.6 Å². The van der Waals surface area contributed by atoms with E-state index in [0.717, 1.165) is 25.9 Å². The van der Waals surface area contributed by atoms with E-state index in [1.165, 1.54) is 7.11 Å². The molecule has 0 bridgehead atoms. The van der Waals surface area contributed by atoms with Gasteiger partial charge in [-0.2, -0.15) is 0 Å². The van der Waals surface area contributed by atoms with Crippen LogP contribution in [0.15, 0.2) is 6.20 Å². The fourth-order valence-corrected chi connectivity index (χ4v) is 1.71. The zero-order chi connectivity index (χ0) is 10.7. The van der Waals surface area contributed by atoms with Gasteiger partial charge in [-0.1, -0.05) is 5.21 Å². The maximum Gasteiger partial charge on any atom is 0.360 e. The summed E-state index contributed by atoms with van der Waals surface area (Å²) in [5.41, 5.74) is 0.267. The van der Waals surface area contributed by atoms with E-state index in [4.69, 9.17) is 0 Å². The molecular formula is C9H14N4O2. The number of rotatable bonds is 2. The molecule has 0 saturated carbocycles. The Morgan fingerprint density at radius 3 is 3.27 bits per heavy atom. The van der Waals surface area contributed by atoms with Crippen LogP contribution in [0.5, 0.6) is 0 Å². The summed E-state index contributed by atoms with van der Waals surface area (Å²) >= 11 is 0. The fraction of sp³-hybridized carbons (Fsp3) is 0.667. The monoisotopic (exact) mass is 210 g/mol. The molecule has 1 N–H and O–H groups in total. The SMILES string of the molecule is COC(=O)c1cn([C@H]2CCCNC2)nn1. The van der Waals surface area contributed by atoms with Crippen LogP contribution in [0.25, 0.3) is 0 Å². The van der Waals surface area contributed by atoms with Crippen molar-refractivity contribution < 1.29 is 9.53 Å². The van der Waals surface area contributed by atoms with Crippen molar-refractivity contribution in [2.24, 2.45) is 0 Å². The lowest BCUT2D eigenvalue weighted by atomic mass is 10.1. The van der Waals surface area contributed by atoms with Gasteiger partial charge in [0.05, 0.1) is 19.3 Å². The molecule has 6 nitrogen and oxygen atoms in total. The Morgan fingerprint density at radius 2 is 2.60 bits per heavy atom. The molecule has 2 rings (SSSR count). The van der Waals surface area contributed by atoms with Crippen LogP contribution in [0.1, 0.15) is 29.4 Å². The van der Waals surface area contributed by atoms with Crippen molar-refractivity contribution in [3.63, 3.8) is 0 Å². The first-order valence-electron chi connectivity index (χ1n) is 5.02. The summed E-state index contributed by atoms with van der Waals surface area (Å²) in [5.74, 6) is -0.440. The fourth-order valence-electron chi connectivity index (χ4n) is 1.71. The molecule has 6 heteroatoms. The summed E-state index contributed by atoms with van der Waals surface area (Å²) in [6.07, 6.45) is 3.83. The first-order chi connectivity index (χ1) is 7.31. The third-order valence-corrected chi connectivity index (χ3v) is 2.55. The highest BCUT2D eigenvalue weighted by Gasteiger charge is 2.18. The van der Waals surface area contributed by atoms with Gasteiger partial charge in [-0.05, 0) is 19.4 Å². The van der Waals surface area contributed by atoms with E-state index in [1.807, 2.05) is 0 Å². The Kier molecular flexibility index (Phi) is 2.96. The predicted molar refractivity (Wildman–Crippen MR) is 52.5 cm³/mol. The topological polar surface area (TPSA) is 69.0 Å².